The number of rotatable bonds is 3. The van der Waals surface area contributed by atoms with Gasteiger partial charge in [-0.1, -0.05) is 55.1 Å². The first-order chi connectivity index (χ1) is 11.8. The lowest BCUT2D eigenvalue weighted by atomic mass is 9.81. The number of halogens is 4. The smallest absolute Gasteiger partial charge is 0.244 e. The second kappa shape index (κ2) is 7.55. The number of hydrogen-bond donors (Lipinski definition) is 1. The SMILES string of the molecule is O=C(CN1C(=O)[C@H]2C[C@H](Br)[C@@H](Br)C[C@H]2C1=O)Nc1cc(Cl)ccc1Cl. The van der Waals surface area contributed by atoms with Crippen LogP contribution < -0.4 is 5.32 Å². The number of benzene rings is 1. The quantitative estimate of drug-likeness (QED) is 0.494. The number of imide groups is 1. The minimum Gasteiger partial charge on any atom is -0.323 e. The zero-order chi connectivity index (χ0) is 18.3. The fraction of sp³-hybridized carbons (Fsp3) is 0.438. The summed E-state index contributed by atoms with van der Waals surface area (Å²) in [6.07, 6.45) is 1.15. The molecule has 3 amide bonds. The molecule has 1 aliphatic heterocycles. The van der Waals surface area contributed by atoms with Crippen molar-refractivity contribution in [2.75, 3.05) is 11.9 Å². The first-order valence-electron chi connectivity index (χ1n) is 7.66. The standard InChI is InChI=1S/C16H14Br2Cl2N2O3/c17-10-4-8-9(5-11(10)18)16(25)22(15(8)24)6-14(23)21-13-3-7(19)1-2-12(13)20/h1-3,8-11H,4-6H2,(H,21,23)/t8-,9+,10-,11-/m0/s1. The molecule has 9 heteroatoms. The van der Waals surface area contributed by atoms with Crippen LogP contribution in [-0.2, 0) is 14.4 Å². The van der Waals surface area contributed by atoms with E-state index in [-0.39, 0.29) is 39.8 Å². The molecule has 2 fully saturated rings. The fourth-order valence-corrected chi connectivity index (χ4v) is 4.82. The first kappa shape index (κ1) is 19.1. The summed E-state index contributed by atoms with van der Waals surface area (Å²) >= 11 is 19.0. The van der Waals surface area contributed by atoms with Crippen molar-refractivity contribution < 1.29 is 14.4 Å². The van der Waals surface area contributed by atoms with Crippen molar-refractivity contribution in [2.24, 2.45) is 11.8 Å². The van der Waals surface area contributed by atoms with Gasteiger partial charge in [0.2, 0.25) is 17.7 Å². The van der Waals surface area contributed by atoms with Gasteiger partial charge in [0.05, 0.1) is 22.5 Å². The Morgan fingerprint density at radius 2 is 1.68 bits per heavy atom. The van der Waals surface area contributed by atoms with Gasteiger partial charge in [-0.05, 0) is 31.0 Å². The lowest BCUT2D eigenvalue weighted by molar-refractivity contribution is -0.142. The summed E-state index contributed by atoms with van der Waals surface area (Å²) in [4.78, 5) is 38.7. The van der Waals surface area contributed by atoms with Crippen molar-refractivity contribution >= 4 is 78.5 Å². The molecule has 1 aromatic rings. The van der Waals surface area contributed by atoms with E-state index in [9.17, 15) is 14.4 Å². The monoisotopic (exact) mass is 510 g/mol. The van der Waals surface area contributed by atoms with Gasteiger partial charge < -0.3 is 5.32 Å². The van der Waals surface area contributed by atoms with Gasteiger partial charge in [-0.25, -0.2) is 0 Å². The first-order valence-corrected chi connectivity index (χ1v) is 10.2. The fourth-order valence-electron chi connectivity index (χ4n) is 3.25. The highest BCUT2D eigenvalue weighted by Gasteiger charge is 2.52. The van der Waals surface area contributed by atoms with Crippen LogP contribution >= 0.6 is 55.1 Å². The molecule has 1 heterocycles. The minimum atomic E-state index is -0.490. The molecule has 5 nitrogen and oxygen atoms in total. The third-order valence-corrected chi connectivity index (χ3v) is 7.81. The second-order valence-electron chi connectivity index (χ2n) is 6.15. The molecule has 3 rings (SSSR count). The third kappa shape index (κ3) is 3.89. The van der Waals surface area contributed by atoms with Crippen LogP contribution in [0.25, 0.3) is 0 Å². The van der Waals surface area contributed by atoms with Gasteiger partial charge in [-0.15, -0.1) is 0 Å². The van der Waals surface area contributed by atoms with Gasteiger partial charge >= 0.3 is 0 Å². The third-order valence-electron chi connectivity index (χ3n) is 4.51. The van der Waals surface area contributed by atoms with E-state index in [2.05, 4.69) is 37.2 Å². The zero-order valence-electron chi connectivity index (χ0n) is 12.8. The van der Waals surface area contributed by atoms with Crippen LogP contribution in [-0.4, -0.2) is 38.8 Å². The van der Waals surface area contributed by atoms with E-state index < -0.39 is 5.91 Å². The molecule has 1 N–H and O–H groups in total. The number of nitrogens with one attached hydrogen (secondary N) is 1. The van der Waals surface area contributed by atoms with Crippen LogP contribution in [0.2, 0.25) is 10.0 Å². The summed E-state index contributed by atoms with van der Waals surface area (Å²) in [5.41, 5.74) is 0.344. The van der Waals surface area contributed by atoms with Crippen LogP contribution in [0.3, 0.4) is 0 Å². The number of likely N-dealkylation sites (tertiary alicyclic amines) is 1. The predicted octanol–water partition coefficient (Wildman–Crippen LogP) is 3.85. The van der Waals surface area contributed by atoms with Gasteiger partial charge in [0.25, 0.3) is 0 Å². The molecule has 134 valence electrons. The van der Waals surface area contributed by atoms with E-state index in [1.165, 1.54) is 6.07 Å². The number of alkyl halides is 2. The van der Waals surface area contributed by atoms with Crippen LogP contribution in [0, 0.1) is 11.8 Å². The average molecular weight is 513 g/mol. The number of anilines is 1. The van der Waals surface area contributed by atoms with Crippen molar-refractivity contribution in [1.29, 1.82) is 0 Å². The highest BCUT2D eigenvalue weighted by molar-refractivity contribution is 9.12. The van der Waals surface area contributed by atoms with E-state index in [0.717, 1.165) is 4.90 Å². The molecule has 1 saturated heterocycles. The maximum Gasteiger partial charge on any atom is 0.244 e. The molecule has 0 aromatic heterocycles. The zero-order valence-corrected chi connectivity index (χ0v) is 17.5. The summed E-state index contributed by atoms with van der Waals surface area (Å²) in [5.74, 6) is -1.80. The van der Waals surface area contributed by atoms with Gasteiger partial charge in [-0.3, -0.25) is 19.3 Å². The van der Waals surface area contributed by atoms with Crippen molar-refractivity contribution in [3.05, 3.63) is 28.2 Å². The van der Waals surface area contributed by atoms with E-state index in [4.69, 9.17) is 23.2 Å². The number of carbonyl (C=O) groups is 3. The van der Waals surface area contributed by atoms with Crippen molar-refractivity contribution in [2.45, 2.75) is 22.5 Å². The molecule has 0 radical (unpaired) electrons. The Hall–Kier alpha value is -0.630. The van der Waals surface area contributed by atoms with E-state index in [1.54, 1.807) is 12.1 Å². The largest absolute Gasteiger partial charge is 0.323 e. The topological polar surface area (TPSA) is 66.5 Å². The van der Waals surface area contributed by atoms with Crippen LogP contribution in [0.15, 0.2) is 18.2 Å². The Balaban J connectivity index is 1.70. The molecule has 1 aliphatic carbocycles. The number of nitrogens with zero attached hydrogens (tertiary/aromatic N) is 1. The second-order valence-corrected chi connectivity index (χ2v) is 9.35. The van der Waals surface area contributed by atoms with Gasteiger partial charge in [-0.2, -0.15) is 0 Å². The molecule has 2 aliphatic rings. The summed E-state index contributed by atoms with van der Waals surface area (Å²) in [5, 5.41) is 3.35. The molecule has 1 saturated carbocycles. The molecule has 25 heavy (non-hydrogen) atoms. The average Bonchev–Trinajstić information content (AvgIpc) is 2.76. The Morgan fingerprint density at radius 1 is 1.12 bits per heavy atom. The Morgan fingerprint density at radius 3 is 2.24 bits per heavy atom. The van der Waals surface area contributed by atoms with Gasteiger partial charge in [0.15, 0.2) is 0 Å². The molecular weight excluding hydrogens is 499 g/mol. The minimum absolute atomic E-state index is 0.129. The molecular formula is C16H14Br2Cl2N2O3. The highest BCUT2D eigenvalue weighted by atomic mass is 79.9. The number of amides is 3. The summed E-state index contributed by atoms with van der Waals surface area (Å²) in [6.45, 7) is -0.326. The molecule has 0 spiro atoms. The van der Waals surface area contributed by atoms with E-state index in [0.29, 0.717) is 28.6 Å². The maximum atomic E-state index is 12.6. The molecule has 1 aromatic carbocycles. The van der Waals surface area contributed by atoms with Crippen molar-refractivity contribution in [1.82, 2.24) is 4.90 Å². The lowest BCUT2D eigenvalue weighted by Crippen LogP contribution is -2.38. The Bertz CT molecular complexity index is 718. The van der Waals surface area contributed by atoms with Gasteiger partial charge in [0.1, 0.15) is 6.54 Å². The van der Waals surface area contributed by atoms with Crippen molar-refractivity contribution in [3.8, 4) is 0 Å². The van der Waals surface area contributed by atoms with Crippen LogP contribution in [0.5, 0.6) is 0 Å². The van der Waals surface area contributed by atoms with E-state index >= 15 is 0 Å². The van der Waals surface area contributed by atoms with E-state index in [1.807, 2.05) is 0 Å². The summed E-state index contributed by atoms with van der Waals surface area (Å²) in [7, 11) is 0. The van der Waals surface area contributed by atoms with Crippen LogP contribution in [0.1, 0.15) is 12.8 Å². The molecule has 4 atom stereocenters. The Kier molecular flexibility index (Phi) is 5.78. The summed E-state index contributed by atoms with van der Waals surface area (Å²) in [6, 6.07) is 4.68. The van der Waals surface area contributed by atoms with Gasteiger partial charge in [0, 0.05) is 14.7 Å². The Labute approximate surface area is 171 Å². The van der Waals surface area contributed by atoms with Crippen molar-refractivity contribution in [3.63, 3.8) is 0 Å². The lowest BCUT2D eigenvalue weighted by Gasteiger charge is -2.29. The number of hydrogen-bond acceptors (Lipinski definition) is 3. The number of fused-ring (bicyclic) bond motifs is 1. The highest BCUT2D eigenvalue weighted by Crippen LogP contribution is 2.43. The maximum absolute atomic E-state index is 12.6. The predicted molar refractivity (Wildman–Crippen MR) is 103 cm³/mol. The summed E-state index contributed by atoms with van der Waals surface area (Å²) < 4.78 is 0. The molecule has 0 bridgehead atoms. The van der Waals surface area contributed by atoms with Crippen LogP contribution in [0.4, 0.5) is 5.69 Å². The molecule has 0 unspecified atom stereocenters. The number of carbonyl (C=O) groups excluding carboxylic acids is 3. The normalized spacial score (nSPS) is 28.9.